The van der Waals surface area contributed by atoms with Gasteiger partial charge in [0.2, 0.25) is 5.91 Å². The third-order valence-electron chi connectivity index (χ3n) is 3.59. The molecule has 1 amide bonds. The van der Waals surface area contributed by atoms with Gasteiger partial charge in [0, 0.05) is 30.0 Å². The van der Waals surface area contributed by atoms with E-state index in [0.717, 1.165) is 18.5 Å². The van der Waals surface area contributed by atoms with E-state index in [1.54, 1.807) is 12.4 Å². The summed E-state index contributed by atoms with van der Waals surface area (Å²) in [5.41, 5.74) is 1.02. The highest BCUT2D eigenvalue weighted by Gasteiger charge is 2.40. The number of carbonyl (C=O) groups excluding carboxylic acids is 1. The van der Waals surface area contributed by atoms with Crippen LogP contribution in [0.4, 0.5) is 5.69 Å². The molecule has 78 valence electrons. The lowest BCUT2D eigenvalue weighted by Crippen LogP contribution is -2.52. The molecule has 2 saturated heterocycles. The van der Waals surface area contributed by atoms with Crippen molar-refractivity contribution in [3.8, 4) is 0 Å². The minimum Gasteiger partial charge on any atom is -0.309 e. The molecule has 3 heterocycles. The number of nitrogens with zero attached hydrogens (tertiary/aromatic N) is 2. The Morgan fingerprint density at radius 3 is 2.40 bits per heavy atom. The molecule has 0 N–H and O–H groups in total. The second-order valence-corrected chi connectivity index (χ2v) is 4.42. The van der Waals surface area contributed by atoms with Crippen molar-refractivity contribution in [2.24, 2.45) is 5.92 Å². The fourth-order valence-corrected chi connectivity index (χ4v) is 2.80. The Balaban J connectivity index is 1.96. The Morgan fingerprint density at radius 1 is 1.13 bits per heavy atom. The Labute approximate surface area is 89.1 Å². The van der Waals surface area contributed by atoms with Crippen molar-refractivity contribution in [2.75, 3.05) is 4.90 Å². The van der Waals surface area contributed by atoms with Crippen molar-refractivity contribution in [1.29, 1.82) is 0 Å². The Bertz CT molecular complexity index is 368. The smallest absolute Gasteiger partial charge is 0.230 e. The van der Waals surface area contributed by atoms with Gasteiger partial charge in [0.15, 0.2) is 0 Å². The number of hydrogen-bond donors (Lipinski definition) is 0. The van der Waals surface area contributed by atoms with Gasteiger partial charge in [-0.05, 0) is 37.8 Å². The van der Waals surface area contributed by atoms with E-state index < -0.39 is 0 Å². The quantitative estimate of drug-likeness (QED) is 0.697. The maximum atomic E-state index is 12.1. The standard InChI is InChI=1S/C12H14N2O/c15-12-9-1-3-10(4-2-9)14(12)11-5-7-13-8-6-11/h5-10H,1-4H2. The van der Waals surface area contributed by atoms with Gasteiger partial charge >= 0.3 is 0 Å². The molecule has 0 aromatic carbocycles. The van der Waals surface area contributed by atoms with Crippen LogP contribution in [0.2, 0.25) is 0 Å². The number of fused-ring (bicyclic) bond motifs is 3. The molecule has 0 atom stereocenters. The summed E-state index contributed by atoms with van der Waals surface area (Å²) in [6, 6.07) is 4.29. The third kappa shape index (κ3) is 1.34. The van der Waals surface area contributed by atoms with Crippen LogP contribution >= 0.6 is 0 Å². The average molecular weight is 202 g/mol. The molecule has 1 aromatic rings. The van der Waals surface area contributed by atoms with E-state index in [-0.39, 0.29) is 5.92 Å². The van der Waals surface area contributed by atoms with Crippen LogP contribution in [-0.2, 0) is 4.79 Å². The number of anilines is 1. The molecule has 1 aromatic heterocycles. The van der Waals surface area contributed by atoms with Gasteiger partial charge in [-0.25, -0.2) is 0 Å². The summed E-state index contributed by atoms with van der Waals surface area (Å²) in [7, 11) is 0. The van der Waals surface area contributed by atoms with Crippen LogP contribution in [0, 0.1) is 5.92 Å². The van der Waals surface area contributed by atoms with Crippen molar-refractivity contribution in [3.63, 3.8) is 0 Å². The number of rotatable bonds is 1. The van der Waals surface area contributed by atoms with Crippen LogP contribution in [0.3, 0.4) is 0 Å². The van der Waals surface area contributed by atoms with E-state index in [1.165, 1.54) is 12.8 Å². The number of hydrogen-bond acceptors (Lipinski definition) is 2. The molecule has 15 heavy (non-hydrogen) atoms. The maximum Gasteiger partial charge on any atom is 0.230 e. The van der Waals surface area contributed by atoms with Gasteiger partial charge in [-0.3, -0.25) is 9.78 Å². The predicted molar refractivity (Wildman–Crippen MR) is 57.5 cm³/mol. The summed E-state index contributed by atoms with van der Waals surface area (Å²) in [6.45, 7) is 0. The molecule has 2 aliphatic heterocycles. The minimum atomic E-state index is 0.281. The van der Waals surface area contributed by atoms with Crippen LogP contribution in [0.5, 0.6) is 0 Å². The zero-order valence-electron chi connectivity index (χ0n) is 8.60. The molecule has 1 aliphatic carbocycles. The number of carbonyl (C=O) groups is 1. The van der Waals surface area contributed by atoms with Gasteiger partial charge in [-0.1, -0.05) is 0 Å². The van der Waals surface area contributed by atoms with Gasteiger partial charge in [-0.15, -0.1) is 0 Å². The van der Waals surface area contributed by atoms with Crippen LogP contribution in [-0.4, -0.2) is 16.9 Å². The molecule has 3 heteroatoms. The topological polar surface area (TPSA) is 33.2 Å². The summed E-state index contributed by atoms with van der Waals surface area (Å²) < 4.78 is 0. The number of pyridine rings is 1. The predicted octanol–water partition coefficient (Wildman–Crippen LogP) is 1.99. The zero-order valence-corrected chi connectivity index (χ0v) is 8.60. The highest BCUT2D eigenvalue weighted by molar-refractivity contribution is 5.97. The van der Waals surface area contributed by atoms with Crippen molar-refractivity contribution < 1.29 is 4.79 Å². The van der Waals surface area contributed by atoms with Crippen molar-refractivity contribution in [3.05, 3.63) is 24.5 Å². The second kappa shape index (κ2) is 3.33. The molecule has 0 unspecified atom stereocenters. The van der Waals surface area contributed by atoms with Crippen molar-refractivity contribution in [1.82, 2.24) is 4.98 Å². The van der Waals surface area contributed by atoms with Crippen LogP contribution in [0.1, 0.15) is 25.7 Å². The summed E-state index contributed by atoms with van der Waals surface area (Å²) >= 11 is 0. The third-order valence-corrected chi connectivity index (χ3v) is 3.59. The monoisotopic (exact) mass is 202 g/mol. The first-order valence-electron chi connectivity index (χ1n) is 5.59. The largest absolute Gasteiger partial charge is 0.309 e. The lowest BCUT2D eigenvalue weighted by Gasteiger charge is -2.44. The molecule has 3 fully saturated rings. The van der Waals surface area contributed by atoms with E-state index in [9.17, 15) is 4.79 Å². The van der Waals surface area contributed by atoms with Crippen molar-refractivity contribution in [2.45, 2.75) is 31.7 Å². The van der Waals surface area contributed by atoms with Crippen LogP contribution < -0.4 is 4.90 Å². The highest BCUT2D eigenvalue weighted by atomic mass is 16.2. The van der Waals surface area contributed by atoms with Crippen LogP contribution in [0.15, 0.2) is 24.5 Å². The molecule has 3 aliphatic rings. The normalized spacial score (nSPS) is 29.6. The molecular formula is C12H14N2O. The van der Waals surface area contributed by atoms with E-state index in [1.807, 2.05) is 17.0 Å². The second-order valence-electron chi connectivity index (χ2n) is 4.42. The molecule has 0 spiro atoms. The number of aromatic nitrogens is 1. The number of amides is 1. The number of piperidine rings is 2. The van der Waals surface area contributed by atoms with E-state index >= 15 is 0 Å². The average Bonchev–Trinajstić information content (AvgIpc) is 2.31. The van der Waals surface area contributed by atoms with Crippen molar-refractivity contribution >= 4 is 11.6 Å². The first-order chi connectivity index (χ1) is 7.36. The lowest BCUT2D eigenvalue weighted by atomic mass is 9.79. The Hall–Kier alpha value is -1.38. The maximum absolute atomic E-state index is 12.1. The Morgan fingerprint density at radius 2 is 1.80 bits per heavy atom. The molecule has 4 rings (SSSR count). The van der Waals surface area contributed by atoms with Gasteiger partial charge in [0.05, 0.1) is 0 Å². The zero-order chi connectivity index (χ0) is 10.3. The minimum absolute atomic E-state index is 0.281. The van der Waals surface area contributed by atoms with Gasteiger partial charge in [-0.2, -0.15) is 0 Å². The van der Waals surface area contributed by atoms with E-state index in [0.29, 0.717) is 11.9 Å². The van der Waals surface area contributed by atoms with Gasteiger partial charge in [0.25, 0.3) is 0 Å². The summed E-state index contributed by atoms with van der Waals surface area (Å²) in [4.78, 5) is 18.1. The molecule has 2 bridgehead atoms. The molecule has 3 nitrogen and oxygen atoms in total. The van der Waals surface area contributed by atoms with E-state index in [4.69, 9.17) is 0 Å². The van der Waals surface area contributed by atoms with E-state index in [2.05, 4.69) is 4.98 Å². The first-order valence-corrected chi connectivity index (χ1v) is 5.59. The summed E-state index contributed by atoms with van der Waals surface area (Å²) in [5.74, 6) is 0.604. The van der Waals surface area contributed by atoms with Crippen LogP contribution in [0.25, 0.3) is 0 Å². The molecule has 1 saturated carbocycles. The van der Waals surface area contributed by atoms with Gasteiger partial charge < -0.3 is 4.90 Å². The van der Waals surface area contributed by atoms with Gasteiger partial charge in [0.1, 0.15) is 0 Å². The lowest BCUT2D eigenvalue weighted by molar-refractivity contribution is -0.126. The fourth-order valence-electron chi connectivity index (χ4n) is 2.80. The highest BCUT2D eigenvalue weighted by Crippen LogP contribution is 2.38. The first kappa shape index (κ1) is 8.89. The SMILES string of the molecule is O=C1C2CCC(CC2)N1c1ccncc1. The molecule has 0 radical (unpaired) electrons. The summed E-state index contributed by atoms with van der Waals surface area (Å²) in [6.07, 6.45) is 8.02. The summed E-state index contributed by atoms with van der Waals surface area (Å²) in [5, 5.41) is 0. The fraction of sp³-hybridized carbons (Fsp3) is 0.500. The molecular weight excluding hydrogens is 188 g/mol. The Kier molecular flexibility index (Phi) is 1.97.